The van der Waals surface area contributed by atoms with Crippen molar-refractivity contribution in [1.82, 2.24) is 15.1 Å². The van der Waals surface area contributed by atoms with Gasteiger partial charge in [0.25, 0.3) is 5.91 Å². The molecule has 5 rings (SSSR count). The smallest absolute Gasteiger partial charge is 0.255 e. The van der Waals surface area contributed by atoms with Crippen LogP contribution in [0.15, 0.2) is 91.1 Å². The van der Waals surface area contributed by atoms with Gasteiger partial charge in [0.15, 0.2) is 11.5 Å². The van der Waals surface area contributed by atoms with Crippen molar-refractivity contribution in [3.8, 4) is 22.8 Å². The molecule has 4 aromatic rings. The molecule has 0 radical (unpaired) electrons. The lowest BCUT2D eigenvalue weighted by molar-refractivity contribution is 0.0789. The average Bonchev–Trinajstić information content (AvgIpc) is 3.27. The molecule has 6 nitrogen and oxygen atoms in total. The first kappa shape index (κ1) is 19.9. The number of carbonyl (C=O) groups excluding carboxylic acids is 1. The zero-order valence-corrected chi connectivity index (χ0v) is 17.5. The van der Waals surface area contributed by atoms with Gasteiger partial charge in [0.2, 0.25) is 0 Å². The number of carbonyl (C=O) groups is 1. The average molecular weight is 425 g/mol. The third-order valence-corrected chi connectivity index (χ3v) is 5.30. The highest BCUT2D eigenvalue weighted by atomic mass is 16.6. The van der Waals surface area contributed by atoms with E-state index in [9.17, 15) is 4.79 Å². The van der Waals surface area contributed by atoms with Gasteiger partial charge in [0.05, 0.1) is 18.7 Å². The maximum Gasteiger partial charge on any atom is 0.255 e. The van der Waals surface area contributed by atoms with E-state index in [-0.39, 0.29) is 12.0 Å². The van der Waals surface area contributed by atoms with E-state index >= 15 is 0 Å². The number of para-hydroxylation sites is 2. The second kappa shape index (κ2) is 8.98. The predicted molar refractivity (Wildman–Crippen MR) is 122 cm³/mol. The summed E-state index contributed by atoms with van der Waals surface area (Å²) in [7, 11) is 0. The number of ether oxygens (including phenoxy) is 2. The molecule has 32 heavy (non-hydrogen) atoms. The monoisotopic (exact) mass is 425 g/mol. The third-order valence-electron chi connectivity index (χ3n) is 5.30. The van der Waals surface area contributed by atoms with E-state index in [1.165, 1.54) is 0 Å². The second-order valence-electron chi connectivity index (χ2n) is 7.65. The molecule has 1 atom stereocenters. The summed E-state index contributed by atoms with van der Waals surface area (Å²) < 4.78 is 13.5. The van der Waals surface area contributed by atoms with Gasteiger partial charge in [-0.15, -0.1) is 0 Å². The Morgan fingerprint density at radius 3 is 2.41 bits per heavy atom. The van der Waals surface area contributed by atoms with Crippen molar-refractivity contribution in [2.75, 3.05) is 13.2 Å². The van der Waals surface area contributed by atoms with E-state index in [2.05, 4.69) is 5.32 Å². The van der Waals surface area contributed by atoms with Crippen LogP contribution >= 0.6 is 0 Å². The largest absolute Gasteiger partial charge is 0.486 e. The van der Waals surface area contributed by atoms with Gasteiger partial charge in [-0.05, 0) is 17.7 Å². The molecule has 1 amide bonds. The molecular weight excluding hydrogens is 402 g/mol. The Hall–Kier alpha value is -4.06. The number of hydrogen-bond acceptors (Lipinski definition) is 4. The number of nitrogens with zero attached hydrogens (tertiary/aromatic N) is 2. The fraction of sp³-hybridized carbons (Fsp3) is 0.154. The molecule has 2 heterocycles. The van der Waals surface area contributed by atoms with Crippen molar-refractivity contribution in [1.29, 1.82) is 0 Å². The summed E-state index contributed by atoms with van der Waals surface area (Å²) in [5.74, 6) is 1.23. The van der Waals surface area contributed by atoms with Gasteiger partial charge in [-0.25, -0.2) is 0 Å². The molecule has 0 spiro atoms. The normalized spacial score (nSPS) is 14.7. The minimum Gasteiger partial charge on any atom is -0.486 e. The molecule has 0 bridgehead atoms. The highest BCUT2D eigenvalue weighted by Crippen LogP contribution is 2.30. The number of nitrogens with one attached hydrogen (secondary N) is 1. The molecule has 1 N–H and O–H groups in total. The lowest BCUT2D eigenvalue weighted by atomic mass is 10.1. The Kier molecular flexibility index (Phi) is 5.58. The molecular formula is C26H23N3O3. The summed E-state index contributed by atoms with van der Waals surface area (Å²) in [6.45, 7) is 1.31. The van der Waals surface area contributed by atoms with E-state index in [4.69, 9.17) is 14.6 Å². The Labute approximate surface area is 186 Å². The zero-order valence-electron chi connectivity index (χ0n) is 17.5. The molecule has 160 valence electrons. The van der Waals surface area contributed by atoms with E-state index < -0.39 is 0 Å². The minimum absolute atomic E-state index is 0.189. The number of hydrogen-bond donors (Lipinski definition) is 1. The van der Waals surface area contributed by atoms with Crippen molar-refractivity contribution in [2.24, 2.45) is 0 Å². The summed E-state index contributed by atoms with van der Waals surface area (Å²) in [4.78, 5) is 13.1. The Bertz CT molecular complexity index is 1210. The van der Waals surface area contributed by atoms with Gasteiger partial charge >= 0.3 is 0 Å². The standard InChI is InChI=1S/C26H23N3O3/c30-26(27-15-21-18-31-23-13-7-8-14-24(23)32-21)22-17-29(16-19-9-3-1-4-10-19)28-25(22)20-11-5-2-6-12-20/h1-14,17,21H,15-16,18H2,(H,27,30). The third kappa shape index (κ3) is 4.34. The maximum atomic E-state index is 13.1. The molecule has 1 aliphatic rings. The van der Waals surface area contributed by atoms with Crippen molar-refractivity contribution >= 4 is 5.91 Å². The fourth-order valence-electron chi connectivity index (χ4n) is 3.71. The number of aromatic nitrogens is 2. The molecule has 0 aliphatic carbocycles. The summed E-state index contributed by atoms with van der Waals surface area (Å²) in [5, 5.41) is 7.71. The van der Waals surface area contributed by atoms with E-state index in [0.717, 1.165) is 16.9 Å². The lowest BCUT2D eigenvalue weighted by Gasteiger charge is -2.26. The van der Waals surface area contributed by atoms with Crippen molar-refractivity contribution in [3.05, 3.63) is 102 Å². The van der Waals surface area contributed by atoms with Gasteiger partial charge in [0, 0.05) is 11.8 Å². The van der Waals surface area contributed by atoms with Crippen molar-refractivity contribution in [2.45, 2.75) is 12.6 Å². The number of rotatable bonds is 6. The molecule has 3 aromatic carbocycles. The van der Waals surface area contributed by atoms with Crippen LogP contribution in [0.2, 0.25) is 0 Å². The summed E-state index contributed by atoms with van der Waals surface area (Å²) in [6.07, 6.45) is 1.55. The first-order valence-corrected chi connectivity index (χ1v) is 10.6. The zero-order chi connectivity index (χ0) is 21.8. The Morgan fingerprint density at radius 1 is 0.938 bits per heavy atom. The molecule has 0 fully saturated rings. The quantitative estimate of drug-likeness (QED) is 0.504. The Morgan fingerprint density at radius 2 is 1.62 bits per heavy atom. The molecule has 0 saturated carbocycles. The lowest BCUT2D eigenvalue weighted by Crippen LogP contribution is -2.40. The topological polar surface area (TPSA) is 65.4 Å². The second-order valence-corrected chi connectivity index (χ2v) is 7.65. The summed E-state index contributed by atoms with van der Waals surface area (Å²) in [5.41, 5.74) is 3.21. The van der Waals surface area contributed by atoms with Gasteiger partial charge in [0.1, 0.15) is 18.4 Å². The summed E-state index contributed by atoms with van der Waals surface area (Å²) in [6, 6.07) is 27.4. The number of amides is 1. The summed E-state index contributed by atoms with van der Waals surface area (Å²) >= 11 is 0. The van der Waals surface area contributed by atoms with Crippen LogP contribution in [0.25, 0.3) is 11.3 Å². The Balaban J connectivity index is 1.34. The highest BCUT2D eigenvalue weighted by Gasteiger charge is 2.23. The van der Waals surface area contributed by atoms with Gasteiger partial charge in [-0.3, -0.25) is 9.48 Å². The van der Waals surface area contributed by atoms with Gasteiger partial charge in [-0.1, -0.05) is 72.8 Å². The van der Waals surface area contributed by atoms with Crippen LogP contribution in [-0.4, -0.2) is 34.9 Å². The number of fused-ring (bicyclic) bond motifs is 1. The van der Waals surface area contributed by atoms with Crippen LogP contribution in [0.4, 0.5) is 0 Å². The highest BCUT2D eigenvalue weighted by molar-refractivity contribution is 5.99. The molecule has 0 saturated heterocycles. The van der Waals surface area contributed by atoms with Crippen LogP contribution in [0, 0.1) is 0 Å². The first-order chi connectivity index (χ1) is 15.8. The van der Waals surface area contributed by atoms with Crippen molar-refractivity contribution in [3.63, 3.8) is 0 Å². The fourth-order valence-corrected chi connectivity index (χ4v) is 3.71. The van der Waals surface area contributed by atoms with E-state index in [1.54, 1.807) is 6.20 Å². The van der Waals surface area contributed by atoms with Crippen molar-refractivity contribution < 1.29 is 14.3 Å². The number of benzene rings is 3. The van der Waals surface area contributed by atoms with Crippen LogP contribution < -0.4 is 14.8 Å². The van der Waals surface area contributed by atoms with Crippen LogP contribution in [0.1, 0.15) is 15.9 Å². The molecule has 1 aromatic heterocycles. The van der Waals surface area contributed by atoms with Crippen LogP contribution in [0.3, 0.4) is 0 Å². The molecule has 1 aliphatic heterocycles. The van der Waals surface area contributed by atoms with Gasteiger partial charge in [-0.2, -0.15) is 5.10 Å². The molecule has 6 heteroatoms. The van der Waals surface area contributed by atoms with E-state index in [0.29, 0.717) is 36.7 Å². The molecule has 1 unspecified atom stereocenters. The SMILES string of the molecule is O=C(NCC1COc2ccccc2O1)c1cn(Cc2ccccc2)nc1-c1ccccc1. The first-order valence-electron chi connectivity index (χ1n) is 10.6. The maximum absolute atomic E-state index is 13.1. The predicted octanol–water partition coefficient (Wildman–Crippen LogP) is 4.17. The van der Waals surface area contributed by atoms with E-state index in [1.807, 2.05) is 89.6 Å². The van der Waals surface area contributed by atoms with Gasteiger partial charge < -0.3 is 14.8 Å². The van der Waals surface area contributed by atoms with Crippen LogP contribution in [-0.2, 0) is 6.54 Å². The van der Waals surface area contributed by atoms with Crippen LogP contribution in [0.5, 0.6) is 11.5 Å². The minimum atomic E-state index is -0.256.